The summed E-state index contributed by atoms with van der Waals surface area (Å²) in [5, 5.41) is 10.9. The molecule has 1 heterocycles. The average molecular weight is 158 g/mol. The van der Waals surface area contributed by atoms with Gasteiger partial charge in [0.1, 0.15) is 0 Å². The van der Waals surface area contributed by atoms with Gasteiger partial charge in [0.15, 0.2) is 0 Å². The summed E-state index contributed by atoms with van der Waals surface area (Å²) in [5.41, 5.74) is 0. The third-order valence-corrected chi connectivity index (χ3v) is 2.10. The molecule has 0 spiro atoms. The third kappa shape index (κ3) is 2.08. The molecule has 0 aliphatic carbocycles. The highest BCUT2D eigenvalue weighted by Gasteiger charge is 2.27. The Hall–Kier alpha value is -0.770. The summed E-state index contributed by atoms with van der Waals surface area (Å²) < 4.78 is 0. The lowest BCUT2D eigenvalue weighted by atomic mass is 10.1. The number of rotatable bonds is 1. The molecule has 1 saturated heterocycles. The standard InChI is InChI=1S/C7H14N2O2/c1-5-3-9(2)4-6(5)8-7(10)11/h5-6,8H,3-4H2,1-2H3,(H,10,11)/t5-,6-/m1/s1. The summed E-state index contributed by atoms with van der Waals surface area (Å²) in [6.45, 7) is 3.86. The van der Waals surface area contributed by atoms with Gasteiger partial charge in [-0.15, -0.1) is 0 Å². The summed E-state index contributed by atoms with van der Waals surface area (Å²) >= 11 is 0. The van der Waals surface area contributed by atoms with Crippen LogP contribution in [0.1, 0.15) is 6.92 Å². The number of carboxylic acid groups (broad SMARTS) is 1. The van der Waals surface area contributed by atoms with E-state index < -0.39 is 6.09 Å². The minimum atomic E-state index is -0.919. The summed E-state index contributed by atoms with van der Waals surface area (Å²) in [6, 6.07) is 0.109. The SMILES string of the molecule is C[C@@H]1CN(C)C[C@H]1NC(=O)O. The van der Waals surface area contributed by atoms with Crippen molar-refractivity contribution >= 4 is 6.09 Å². The molecule has 11 heavy (non-hydrogen) atoms. The van der Waals surface area contributed by atoms with E-state index in [4.69, 9.17) is 5.11 Å². The fourth-order valence-electron chi connectivity index (χ4n) is 1.56. The summed E-state index contributed by atoms with van der Waals surface area (Å²) in [4.78, 5) is 12.4. The first-order chi connectivity index (χ1) is 5.09. The van der Waals surface area contributed by atoms with Crippen LogP contribution in [0.4, 0.5) is 4.79 Å². The van der Waals surface area contributed by atoms with Crippen molar-refractivity contribution < 1.29 is 9.90 Å². The first kappa shape index (κ1) is 8.33. The molecule has 0 bridgehead atoms. The molecule has 0 aromatic carbocycles. The molecule has 1 amide bonds. The van der Waals surface area contributed by atoms with E-state index in [1.807, 2.05) is 7.05 Å². The first-order valence-corrected chi connectivity index (χ1v) is 3.77. The Morgan fingerprint density at radius 3 is 2.64 bits per heavy atom. The largest absolute Gasteiger partial charge is 0.465 e. The van der Waals surface area contributed by atoms with E-state index in [1.165, 1.54) is 0 Å². The fourth-order valence-corrected chi connectivity index (χ4v) is 1.56. The van der Waals surface area contributed by atoms with Crippen LogP contribution in [0.3, 0.4) is 0 Å². The van der Waals surface area contributed by atoms with E-state index in [0.29, 0.717) is 5.92 Å². The lowest BCUT2D eigenvalue weighted by Crippen LogP contribution is -2.38. The van der Waals surface area contributed by atoms with E-state index in [0.717, 1.165) is 13.1 Å². The van der Waals surface area contributed by atoms with Crippen molar-refractivity contribution in [2.24, 2.45) is 5.92 Å². The maximum atomic E-state index is 10.3. The van der Waals surface area contributed by atoms with Crippen molar-refractivity contribution in [1.82, 2.24) is 10.2 Å². The van der Waals surface area contributed by atoms with E-state index >= 15 is 0 Å². The lowest BCUT2D eigenvalue weighted by Gasteiger charge is -2.12. The molecule has 4 heteroatoms. The van der Waals surface area contributed by atoms with E-state index in [-0.39, 0.29) is 6.04 Å². The monoisotopic (exact) mass is 158 g/mol. The van der Waals surface area contributed by atoms with Gasteiger partial charge in [0.05, 0.1) is 0 Å². The molecule has 2 N–H and O–H groups in total. The third-order valence-electron chi connectivity index (χ3n) is 2.10. The van der Waals surface area contributed by atoms with Crippen LogP contribution in [0, 0.1) is 5.92 Å². The molecule has 0 unspecified atom stereocenters. The quantitative estimate of drug-likeness (QED) is 0.573. The topological polar surface area (TPSA) is 52.6 Å². The van der Waals surface area contributed by atoms with Crippen LogP contribution in [-0.2, 0) is 0 Å². The fraction of sp³-hybridized carbons (Fsp3) is 0.857. The first-order valence-electron chi connectivity index (χ1n) is 3.77. The Bertz CT molecular complexity index is 161. The molecule has 0 saturated carbocycles. The van der Waals surface area contributed by atoms with Gasteiger partial charge in [-0.3, -0.25) is 0 Å². The molecule has 1 rings (SSSR count). The Kier molecular flexibility index (Phi) is 2.34. The summed E-state index contributed by atoms with van der Waals surface area (Å²) in [7, 11) is 2.00. The smallest absolute Gasteiger partial charge is 0.404 e. The minimum absolute atomic E-state index is 0.109. The van der Waals surface area contributed by atoms with Gasteiger partial charge in [-0.25, -0.2) is 4.79 Å². The zero-order chi connectivity index (χ0) is 8.43. The Labute approximate surface area is 66.2 Å². The van der Waals surface area contributed by atoms with Gasteiger partial charge in [-0.2, -0.15) is 0 Å². The molecule has 1 fully saturated rings. The molecule has 0 radical (unpaired) electrons. The lowest BCUT2D eigenvalue weighted by molar-refractivity contribution is 0.188. The second-order valence-corrected chi connectivity index (χ2v) is 3.25. The van der Waals surface area contributed by atoms with E-state index in [2.05, 4.69) is 17.1 Å². The van der Waals surface area contributed by atoms with Gasteiger partial charge in [0.25, 0.3) is 0 Å². The van der Waals surface area contributed by atoms with Gasteiger partial charge in [0, 0.05) is 19.1 Å². The van der Waals surface area contributed by atoms with Crippen LogP contribution >= 0.6 is 0 Å². The van der Waals surface area contributed by atoms with Crippen molar-refractivity contribution in [2.45, 2.75) is 13.0 Å². The Balaban J connectivity index is 2.40. The zero-order valence-corrected chi connectivity index (χ0v) is 6.87. The number of likely N-dealkylation sites (N-methyl/N-ethyl adjacent to an activating group) is 1. The molecular weight excluding hydrogens is 144 g/mol. The van der Waals surface area contributed by atoms with Crippen molar-refractivity contribution in [3.8, 4) is 0 Å². The molecule has 2 atom stereocenters. The number of amides is 1. The number of carbonyl (C=O) groups is 1. The van der Waals surface area contributed by atoms with Crippen molar-refractivity contribution in [1.29, 1.82) is 0 Å². The van der Waals surface area contributed by atoms with E-state index in [1.54, 1.807) is 0 Å². The maximum absolute atomic E-state index is 10.3. The molecule has 64 valence electrons. The van der Waals surface area contributed by atoms with Gasteiger partial charge in [-0.1, -0.05) is 6.92 Å². The normalized spacial score (nSPS) is 32.2. The number of nitrogens with zero attached hydrogens (tertiary/aromatic N) is 1. The van der Waals surface area contributed by atoms with Crippen molar-refractivity contribution in [3.05, 3.63) is 0 Å². The highest BCUT2D eigenvalue weighted by atomic mass is 16.4. The average Bonchev–Trinajstić information content (AvgIpc) is 2.09. The van der Waals surface area contributed by atoms with Crippen molar-refractivity contribution in [3.63, 3.8) is 0 Å². The molecule has 1 aliphatic rings. The molecule has 0 aromatic rings. The zero-order valence-electron chi connectivity index (χ0n) is 6.87. The van der Waals surface area contributed by atoms with Crippen LogP contribution in [-0.4, -0.2) is 42.3 Å². The highest BCUT2D eigenvalue weighted by Crippen LogP contribution is 2.13. The van der Waals surface area contributed by atoms with Crippen LogP contribution in [0.5, 0.6) is 0 Å². The minimum Gasteiger partial charge on any atom is -0.465 e. The predicted octanol–water partition coefficient (Wildman–Crippen LogP) is 0.204. The molecule has 0 aromatic heterocycles. The van der Waals surface area contributed by atoms with Gasteiger partial charge >= 0.3 is 6.09 Å². The van der Waals surface area contributed by atoms with Gasteiger partial charge < -0.3 is 15.3 Å². The van der Waals surface area contributed by atoms with Crippen LogP contribution in [0.25, 0.3) is 0 Å². The maximum Gasteiger partial charge on any atom is 0.404 e. The second-order valence-electron chi connectivity index (χ2n) is 3.25. The highest BCUT2D eigenvalue weighted by molar-refractivity contribution is 5.65. The second kappa shape index (κ2) is 3.09. The van der Waals surface area contributed by atoms with Crippen LogP contribution < -0.4 is 5.32 Å². The Morgan fingerprint density at radius 1 is 1.64 bits per heavy atom. The van der Waals surface area contributed by atoms with Gasteiger partial charge in [-0.05, 0) is 13.0 Å². The molecule has 1 aliphatic heterocycles. The number of likely N-dealkylation sites (tertiary alicyclic amines) is 1. The summed E-state index contributed by atoms with van der Waals surface area (Å²) in [5.74, 6) is 0.427. The molecule has 4 nitrogen and oxygen atoms in total. The van der Waals surface area contributed by atoms with Crippen LogP contribution in [0.2, 0.25) is 0 Å². The summed E-state index contributed by atoms with van der Waals surface area (Å²) in [6.07, 6.45) is -0.919. The number of nitrogens with one attached hydrogen (secondary N) is 1. The number of hydrogen-bond acceptors (Lipinski definition) is 2. The Morgan fingerprint density at radius 2 is 2.27 bits per heavy atom. The van der Waals surface area contributed by atoms with E-state index in [9.17, 15) is 4.79 Å². The molecular formula is C7H14N2O2. The van der Waals surface area contributed by atoms with Crippen molar-refractivity contribution in [2.75, 3.05) is 20.1 Å². The predicted molar refractivity (Wildman–Crippen MR) is 41.6 cm³/mol. The van der Waals surface area contributed by atoms with Gasteiger partial charge in [0.2, 0.25) is 0 Å². The van der Waals surface area contributed by atoms with Crippen LogP contribution in [0.15, 0.2) is 0 Å². The number of hydrogen-bond donors (Lipinski definition) is 2.